The molecule has 7 aliphatic carbocycles. The number of hydrogen-bond acceptors (Lipinski definition) is 12. The summed E-state index contributed by atoms with van der Waals surface area (Å²) < 4.78 is 0. The van der Waals surface area contributed by atoms with Crippen LogP contribution in [0.15, 0.2) is 55.2 Å². The lowest BCUT2D eigenvalue weighted by atomic mass is 9.69. The van der Waals surface area contributed by atoms with E-state index in [9.17, 15) is 38.4 Å². The Morgan fingerprint density at radius 1 is 0.707 bits per heavy atom. The van der Waals surface area contributed by atoms with E-state index in [4.69, 9.17) is 19.9 Å². The molecule has 0 aromatic carbocycles. The summed E-state index contributed by atoms with van der Waals surface area (Å²) in [6.45, 7) is 9.38. The molecule has 0 saturated heterocycles. The van der Waals surface area contributed by atoms with E-state index in [0.29, 0.717) is 44.4 Å². The van der Waals surface area contributed by atoms with Gasteiger partial charge in [-0.3, -0.25) is 38.4 Å². The summed E-state index contributed by atoms with van der Waals surface area (Å²) in [4.78, 5) is 131. The zero-order chi connectivity index (χ0) is 40.6. The highest BCUT2D eigenvalue weighted by atomic mass is 16.2. The Bertz CT molecular complexity index is 3000. The summed E-state index contributed by atoms with van der Waals surface area (Å²) in [5, 5.41) is 0. The van der Waals surface area contributed by atoms with Crippen molar-refractivity contribution in [2.24, 2.45) is 23.7 Å². The average molecular weight is 771 g/mol. The van der Waals surface area contributed by atoms with Crippen molar-refractivity contribution in [2.45, 2.75) is 38.5 Å². The van der Waals surface area contributed by atoms with E-state index in [-0.39, 0.29) is 57.7 Å². The Morgan fingerprint density at radius 3 is 2.00 bits per heavy atom. The van der Waals surface area contributed by atoms with Crippen molar-refractivity contribution >= 4 is 97.5 Å². The first-order valence-electron chi connectivity index (χ1n) is 18.8. The number of aldehydes is 1. The van der Waals surface area contributed by atoms with Crippen LogP contribution in [-0.2, 0) is 38.4 Å². The highest BCUT2D eigenvalue weighted by Crippen LogP contribution is 2.50. The van der Waals surface area contributed by atoms with E-state index in [1.54, 1.807) is 61.6 Å². The fourth-order valence-corrected chi connectivity index (χ4v) is 9.17. The summed E-state index contributed by atoms with van der Waals surface area (Å²) >= 11 is 0. The second-order valence-corrected chi connectivity index (χ2v) is 15.7. The maximum Gasteiger partial charge on any atom is 0.229 e. The van der Waals surface area contributed by atoms with Crippen LogP contribution in [0.4, 0.5) is 0 Å². The van der Waals surface area contributed by atoms with Crippen molar-refractivity contribution in [1.29, 1.82) is 0 Å². The minimum absolute atomic E-state index is 0.0149. The third kappa shape index (κ3) is 4.71. The molecule has 12 bridgehead atoms. The molecule has 0 fully saturated rings. The van der Waals surface area contributed by atoms with Crippen molar-refractivity contribution in [2.75, 3.05) is 0 Å². The Labute approximate surface area is 327 Å². The van der Waals surface area contributed by atoms with Gasteiger partial charge in [-0.15, -0.1) is 0 Å². The van der Waals surface area contributed by atoms with Crippen molar-refractivity contribution in [3.63, 3.8) is 0 Å². The molecule has 14 nitrogen and oxygen atoms in total. The zero-order valence-electron chi connectivity index (χ0n) is 31.1. The van der Waals surface area contributed by atoms with Crippen LogP contribution in [0.3, 0.4) is 0 Å². The highest BCUT2D eigenvalue weighted by molar-refractivity contribution is 6.57. The van der Waals surface area contributed by atoms with E-state index in [0.717, 1.165) is 0 Å². The van der Waals surface area contributed by atoms with Gasteiger partial charge >= 0.3 is 0 Å². The standard InChI is InChI=1S/C44H30N6O8/c1-15(2)5-6-19(28(52)14-51)24-11-18-12-25-29-16(3)35(53)36(54)17(4)30(29)42(46-25)50-44-34-23-10-8-21(38(56)40(23)58)32(34)27(48-44)13-26-31-20-7-9-22(39(57)37(20)55)33(31)43(47-26)49-41(24)45-18/h5-15,17,19-23H,3H2,1-2,4H3,(H,45,47,49)(H,46,48,50)/b6-5-. The first-order chi connectivity index (χ1) is 27.8. The summed E-state index contributed by atoms with van der Waals surface area (Å²) in [5.41, 5.74) is 4.18. The predicted molar refractivity (Wildman–Crippen MR) is 208 cm³/mol. The van der Waals surface area contributed by atoms with Crippen LogP contribution in [-0.4, -0.2) is 76.7 Å². The first-order valence-corrected chi connectivity index (χ1v) is 18.8. The van der Waals surface area contributed by atoms with Gasteiger partial charge in [0.15, 0.2) is 17.9 Å². The SMILES string of the molecule is C=C1C(=O)C(=O)C(C)c2c1c1cc3nc(nc4[nH]c(cc5nc(nc2[nH]1)C1=C5C2C=CC1C(=O)C2=O)c1c4C2C=CC1C(=O)C2=O)C(C(/C=C\C(C)C)C(=O)C=O)=C3. The molecule has 3 aromatic rings. The number of carbonyl (C=O) groups is 8. The van der Waals surface area contributed by atoms with Crippen molar-refractivity contribution in [3.05, 3.63) is 100 Å². The molecular formula is C44H30N6O8. The lowest BCUT2D eigenvalue weighted by Crippen LogP contribution is -2.37. The zero-order valence-corrected chi connectivity index (χ0v) is 31.1. The van der Waals surface area contributed by atoms with Gasteiger partial charge in [0, 0.05) is 44.5 Å². The number of ketones is 7. The van der Waals surface area contributed by atoms with Gasteiger partial charge in [0.25, 0.3) is 0 Å². The Balaban J connectivity index is 1.37. The minimum atomic E-state index is -1.11. The molecule has 6 atom stereocenters. The lowest BCUT2D eigenvalue weighted by Gasteiger charge is -2.30. The fourth-order valence-electron chi connectivity index (χ4n) is 9.17. The Morgan fingerprint density at radius 2 is 1.31 bits per heavy atom. The molecule has 0 radical (unpaired) electrons. The molecule has 284 valence electrons. The van der Waals surface area contributed by atoms with Crippen LogP contribution < -0.4 is 0 Å². The molecule has 0 spiro atoms. The topological polar surface area (TPSA) is 220 Å². The number of H-pyrrole nitrogens is 2. The van der Waals surface area contributed by atoms with Gasteiger partial charge in [-0.05, 0) is 29.7 Å². The van der Waals surface area contributed by atoms with Crippen molar-refractivity contribution in [1.82, 2.24) is 29.9 Å². The van der Waals surface area contributed by atoms with Crippen LogP contribution in [0.2, 0.25) is 0 Å². The number of fused-ring (bicyclic) bond motifs is 13. The van der Waals surface area contributed by atoms with Gasteiger partial charge in [0.2, 0.25) is 40.5 Å². The number of carbonyl (C=O) groups excluding carboxylic acids is 8. The van der Waals surface area contributed by atoms with E-state index in [1.165, 1.54) is 0 Å². The molecule has 14 heteroatoms. The molecule has 5 heterocycles. The number of hydrogen-bond donors (Lipinski definition) is 2. The van der Waals surface area contributed by atoms with Crippen LogP contribution in [0, 0.1) is 23.7 Å². The first kappa shape index (κ1) is 35.2. The van der Waals surface area contributed by atoms with Crippen LogP contribution in [0.5, 0.6) is 0 Å². The molecule has 3 aromatic heterocycles. The summed E-state index contributed by atoms with van der Waals surface area (Å²) in [5.74, 6) is -10.4. The number of allylic oxidation sites excluding steroid dienone is 10. The molecule has 2 N–H and O–H groups in total. The largest absolute Gasteiger partial charge is 0.340 e. The van der Waals surface area contributed by atoms with Crippen LogP contribution in [0.1, 0.15) is 83.8 Å². The van der Waals surface area contributed by atoms with Crippen molar-refractivity contribution in [3.8, 4) is 0 Å². The number of rotatable bonds is 5. The van der Waals surface area contributed by atoms with Gasteiger partial charge < -0.3 is 9.97 Å². The molecule has 9 aliphatic rings. The Hall–Kier alpha value is -7.22. The molecule has 2 aliphatic heterocycles. The second-order valence-electron chi connectivity index (χ2n) is 15.7. The maximum atomic E-state index is 13.4. The lowest BCUT2D eigenvalue weighted by molar-refractivity contribution is -0.138. The van der Waals surface area contributed by atoms with Gasteiger partial charge in [-0.25, -0.2) is 19.9 Å². The number of Topliss-reactive ketones (excluding diaryl/α,β-unsaturated/α-hetero) is 7. The summed E-state index contributed by atoms with van der Waals surface area (Å²) in [7, 11) is 0. The molecule has 0 amide bonds. The maximum absolute atomic E-state index is 13.4. The van der Waals surface area contributed by atoms with E-state index in [2.05, 4.69) is 16.5 Å². The highest BCUT2D eigenvalue weighted by Gasteiger charge is 2.49. The number of nitrogens with zero attached hydrogens (tertiary/aromatic N) is 4. The molecule has 58 heavy (non-hydrogen) atoms. The minimum Gasteiger partial charge on any atom is -0.340 e. The second kappa shape index (κ2) is 12.1. The third-order valence-electron chi connectivity index (χ3n) is 11.9. The predicted octanol–water partition coefficient (Wildman–Crippen LogP) is 4.26. The van der Waals surface area contributed by atoms with Gasteiger partial charge in [0.1, 0.15) is 11.3 Å². The van der Waals surface area contributed by atoms with E-state index < -0.39 is 76.0 Å². The average Bonchev–Trinajstić information content (AvgIpc) is 3.97. The molecule has 6 unspecified atom stereocenters. The molecule has 0 saturated carbocycles. The normalized spacial score (nSPS) is 24.6. The molecular weight excluding hydrogens is 741 g/mol. The monoisotopic (exact) mass is 770 g/mol. The number of nitrogens with one attached hydrogen (secondary N) is 2. The summed E-state index contributed by atoms with van der Waals surface area (Å²) in [6, 6.07) is 3.23. The van der Waals surface area contributed by atoms with Gasteiger partial charge in [-0.1, -0.05) is 63.8 Å². The van der Waals surface area contributed by atoms with E-state index >= 15 is 0 Å². The van der Waals surface area contributed by atoms with Gasteiger partial charge in [-0.2, -0.15) is 0 Å². The number of aromatic nitrogens is 6. The van der Waals surface area contributed by atoms with Crippen molar-refractivity contribution < 1.29 is 38.4 Å². The number of aromatic amines is 2. The summed E-state index contributed by atoms with van der Waals surface area (Å²) in [6.07, 6.45) is 11.8. The van der Waals surface area contributed by atoms with Crippen LogP contribution in [0.25, 0.3) is 50.7 Å². The Kier molecular flexibility index (Phi) is 7.37. The quantitative estimate of drug-likeness (QED) is 0.161. The van der Waals surface area contributed by atoms with Gasteiger partial charge in [0.05, 0.1) is 52.4 Å². The van der Waals surface area contributed by atoms with E-state index in [1.807, 2.05) is 13.8 Å². The smallest absolute Gasteiger partial charge is 0.229 e. The van der Waals surface area contributed by atoms with Crippen LogP contribution >= 0.6 is 0 Å². The molecule has 12 rings (SSSR count). The third-order valence-corrected chi connectivity index (χ3v) is 11.9. The fraction of sp³-hybridized carbons (Fsp3) is 0.227.